The van der Waals surface area contributed by atoms with Gasteiger partial charge in [0.05, 0.1) is 0 Å². The van der Waals surface area contributed by atoms with Crippen LogP contribution in [0.3, 0.4) is 0 Å². The summed E-state index contributed by atoms with van der Waals surface area (Å²) in [6.45, 7) is 2.40. The highest BCUT2D eigenvalue weighted by atomic mass is 32.1. The normalized spacial score (nSPS) is 14.2. The number of aromatic nitrogens is 1. The van der Waals surface area contributed by atoms with E-state index in [0.29, 0.717) is 6.54 Å². The Labute approximate surface area is 162 Å². The molecule has 3 N–H and O–H groups in total. The van der Waals surface area contributed by atoms with Crippen LogP contribution in [0.4, 0.5) is 4.79 Å². The number of carbonyl (C=O) groups is 1. The summed E-state index contributed by atoms with van der Waals surface area (Å²) in [5, 5.41) is 12.3. The number of thiazole rings is 1. The van der Waals surface area contributed by atoms with Crippen molar-refractivity contribution in [2.45, 2.75) is 25.6 Å². The highest BCUT2D eigenvalue weighted by Crippen LogP contribution is 2.23. The molecule has 27 heavy (non-hydrogen) atoms. The first-order valence-corrected chi connectivity index (χ1v) is 9.98. The lowest BCUT2D eigenvalue weighted by atomic mass is 9.95. The topological polar surface area (TPSA) is 66.1 Å². The number of carbonyl (C=O) groups excluding carboxylic acids is 1. The van der Waals surface area contributed by atoms with Crippen molar-refractivity contribution in [3.63, 3.8) is 0 Å². The third-order valence-corrected chi connectivity index (χ3v) is 5.62. The molecule has 6 heteroatoms. The maximum absolute atomic E-state index is 12.6. The quantitative estimate of drug-likeness (QED) is 0.638. The second-order valence-electron chi connectivity index (χ2n) is 6.52. The molecule has 3 aromatic rings. The summed E-state index contributed by atoms with van der Waals surface area (Å²) in [7, 11) is 0. The largest absolute Gasteiger partial charge is 0.334 e. The molecule has 2 heterocycles. The molecule has 4 rings (SSSR count). The molecule has 5 nitrogen and oxygen atoms in total. The van der Waals surface area contributed by atoms with Crippen molar-refractivity contribution in [3.8, 4) is 0 Å². The number of hydrogen-bond acceptors (Lipinski definition) is 4. The average molecular weight is 379 g/mol. The zero-order chi connectivity index (χ0) is 18.5. The molecule has 1 atom stereocenters. The Bertz CT molecular complexity index is 896. The predicted octanol–water partition coefficient (Wildman–Crippen LogP) is 3.38. The van der Waals surface area contributed by atoms with Gasteiger partial charge in [0.1, 0.15) is 11.0 Å². The van der Waals surface area contributed by atoms with Crippen LogP contribution in [0.1, 0.15) is 33.3 Å². The van der Waals surface area contributed by atoms with Crippen LogP contribution >= 0.6 is 11.3 Å². The molecule has 2 amide bonds. The van der Waals surface area contributed by atoms with Crippen LogP contribution in [-0.2, 0) is 19.5 Å². The van der Waals surface area contributed by atoms with E-state index in [4.69, 9.17) is 0 Å². The van der Waals surface area contributed by atoms with E-state index >= 15 is 0 Å². The number of nitrogens with zero attached hydrogens (tertiary/aromatic N) is 1. The number of rotatable bonds is 5. The molecule has 0 saturated carbocycles. The van der Waals surface area contributed by atoms with Gasteiger partial charge in [-0.25, -0.2) is 9.78 Å². The lowest BCUT2D eigenvalue weighted by Crippen LogP contribution is -2.38. The Morgan fingerprint density at radius 3 is 2.89 bits per heavy atom. The third kappa shape index (κ3) is 4.18. The lowest BCUT2D eigenvalue weighted by molar-refractivity contribution is 0.238. The zero-order valence-electron chi connectivity index (χ0n) is 14.9. The van der Waals surface area contributed by atoms with E-state index in [9.17, 15) is 4.79 Å². The van der Waals surface area contributed by atoms with Crippen LogP contribution in [-0.4, -0.2) is 17.6 Å². The van der Waals surface area contributed by atoms with E-state index < -0.39 is 0 Å². The third-order valence-electron chi connectivity index (χ3n) is 4.78. The fourth-order valence-electron chi connectivity index (χ4n) is 3.44. The number of fused-ring (bicyclic) bond motifs is 1. The number of nitrogens with one attached hydrogen (secondary N) is 3. The fraction of sp³-hybridized carbons (Fsp3) is 0.238. The Morgan fingerprint density at radius 2 is 2.07 bits per heavy atom. The summed E-state index contributed by atoms with van der Waals surface area (Å²) in [6.07, 6.45) is 2.76. The first-order chi connectivity index (χ1) is 13.3. The molecule has 1 aliphatic rings. The molecule has 1 aromatic heterocycles. The predicted molar refractivity (Wildman–Crippen MR) is 108 cm³/mol. The minimum absolute atomic E-state index is 0.189. The van der Waals surface area contributed by atoms with Crippen LogP contribution in [0.25, 0.3) is 0 Å². The maximum Gasteiger partial charge on any atom is 0.315 e. The van der Waals surface area contributed by atoms with Crippen LogP contribution in [0, 0.1) is 0 Å². The van der Waals surface area contributed by atoms with E-state index in [0.717, 1.165) is 30.1 Å². The van der Waals surface area contributed by atoms with Gasteiger partial charge in [-0.3, -0.25) is 0 Å². The molecule has 0 fully saturated rings. The summed E-state index contributed by atoms with van der Waals surface area (Å²) >= 11 is 1.54. The van der Waals surface area contributed by atoms with E-state index in [-0.39, 0.29) is 12.1 Å². The fourth-order valence-corrected chi connectivity index (χ4v) is 4.16. The first-order valence-electron chi connectivity index (χ1n) is 9.10. The van der Waals surface area contributed by atoms with E-state index in [2.05, 4.69) is 39.1 Å². The molecular weight excluding hydrogens is 356 g/mol. The number of urea groups is 1. The Balaban J connectivity index is 1.45. The Hall–Kier alpha value is -2.70. The van der Waals surface area contributed by atoms with Gasteiger partial charge in [-0.1, -0.05) is 48.5 Å². The van der Waals surface area contributed by atoms with E-state index in [1.165, 1.54) is 16.7 Å². The van der Waals surface area contributed by atoms with Crippen molar-refractivity contribution in [3.05, 3.63) is 87.4 Å². The SMILES string of the molecule is O=C(NCc1cccc2c1CCNC2)NC(c1ccccc1)c1nccs1. The molecule has 0 saturated heterocycles. The summed E-state index contributed by atoms with van der Waals surface area (Å²) in [4.78, 5) is 17.0. The smallest absolute Gasteiger partial charge is 0.315 e. The van der Waals surface area contributed by atoms with Crippen molar-refractivity contribution in [2.75, 3.05) is 6.54 Å². The highest BCUT2D eigenvalue weighted by Gasteiger charge is 2.19. The molecule has 138 valence electrons. The van der Waals surface area contributed by atoms with Gasteiger partial charge in [0.2, 0.25) is 0 Å². The molecular formula is C21H22N4OS. The van der Waals surface area contributed by atoms with Gasteiger partial charge in [-0.05, 0) is 35.2 Å². The Kier molecular flexibility index (Phi) is 5.46. The van der Waals surface area contributed by atoms with E-state index in [1.807, 2.05) is 35.7 Å². The summed E-state index contributed by atoms with van der Waals surface area (Å²) < 4.78 is 0. The number of benzene rings is 2. The molecule has 0 radical (unpaired) electrons. The van der Waals surface area contributed by atoms with Crippen LogP contribution in [0.2, 0.25) is 0 Å². The zero-order valence-corrected chi connectivity index (χ0v) is 15.8. The van der Waals surface area contributed by atoms with Crippen molar-refractivity contribution in [1.82, 2.24) is 20.9 Å². The van der Waals surface area contributed by atoms with Crippen LogP contribution < -0.4 is 16.0 Å². The van der Waals surface area contributed by atoms with Crippen molar-refractivity contribution in [2.24, 2.45) is 0 Å². The van der Waals surface area contributed by atoms with Gasteiger partial charge < -0.3 is 16.0 Å². The highest BCUT2D eigenvalue weighted by molar-refractivity contribution is 7.09. The van der Waals surface area contributed by atoms with Crippen LogP contribution in [0.15, 0.2) is 60.1 Å². The van der Waals surface area contributed by atoms with Crippen LogP contribution in [0.5, 0.6) is 0 Å². The van der Waals surface area contributed by atoms with Crippen molar-refractivity contribution in [1.29, 1.82) is 0 Å². The maximum atomic E-state index is 12.6. The summed E-state index contributed by atoms with van der Waals surface area (Å²) in [6, 6.07) is 15.8. The molecule has 1 aliphatic heterocycles. The number of amides is 2. The van der Waals surface area contributed by atoms with Gasteiger partial charge in [0.25, 0.3) is 0 Å². The van der Waals surface area contributed by atoms with Crippen molar-refractivity contribution < 1.29 is 4.79 Å². The monoisotopic (exact) mass is 378 g/mol. The minimum Gasteiger partial charge on any atom is -0.334 e. The molecule has 0 spiro atoms. The molecule has 1 unspecified atom stereocenters. The first kappa shape index (κ1) is 17.7. The molecule has 0 bridgehead atoms. The number of hydrogen-bond donors (Lipinski definition) is 3. The second kappa shape index (κ2) is 8.33. The molecule has 0 aliphatic carbocycles. The van der Waals surface area contributed by atoms with E-state index in [1.54, 1.807) is 17.5 Å². The summed E-state index contributed by atoms with van der Waals surface area (Å²) in [5.41, 5.74) is 4.89. The van der Waals surface area contributed by atoms with Gasteiger partial charge in [-0.15, -0.1) is 11.3 Å². The van der Waals surface area contributed by atoms with Gasteiger partial charge in [0, 0.05) is 24.7 Å². The Morgan fingerprint density at radius 1 is 1.19 bits per heavy atom. The van der Waals surface area contributed by atoms with Gasteiger partial charge >= 0.3 is 6.03 Å². The second-order valence-corrected chi connectivity index (χ2v) is 7.45. The lowest BCUT2D eigenvalue weighted by Gasteiger charge is -2.21. The van der Waals surface area contributed by atoms with Gasteiger partial charge in [-0.2, -0.15) is 0 Å². The molecule has 2 aromatic carbocycles. The standard InChI is InChI=1S/C21H22N4OS/c26-21(24-14-17-8-4-7-16-13-22-10-9-18(16)17)25-19(20-23-11-12-27-20)15-5-2-1-3-6-15/h1-8,11-12,19,22H,9-10,13-14H2,(H2,24,25,26). The minimum atomic E-state index is -0.250. The van der Waals surface area contributed by atoms with Crippen molar-refractivity contribution >= 4 is 17.4 Å². The average Bonchev–Trinajstić information content (AvgIpc) is 3.25. The van der Waals surface area contributed by atoms with Gasteiger partial charge in [0.15, 0.2) is 0 Å². The summed E-state index contributed by atoms with van der Waals surface area (Å²) in [5.74, 6) is 0.